The molecule has 3 aliphatic rings. The summed E-state index contributed by atoms with van der Waals surface area (Å²) in [6.07, 6.45) is 1.77. The second-order valence-electron chi connectivity index (χ2n) is 4.21. The van der Waals surface area contributed by atoms with E-state index in [1.165, 1.54) is 0 Å². The molecular formula is C9H14N2O2. The Morgan fingerprint density at radius 1 is 1.54 bits per heavy atom. The van der Waals surface area contributed by atoms with Crippen LogP contribution in [0.2, 0.25) is 0 Å². The van der Waals surface area contributed by atoms with Crippen molar-refractivity contribution in [2.24, 2.45) is 0 Å². The topological polar surface area (TPSA) is 41.6 Å². The predicted molar refractivity (Wildman–Crippen MR) is 46.2 cm³/mol. The van der Waals surface area contributed by atoms with Crippen molar-refractivity contribution in [3.05, 3.63) is 0 Å². The minimum atomic E-state index is 0.0630. The summed E-state index contributed by atoms with van der Waals surface area (Å²) >= 11 is 0. The molecule has 0 aromatic heterocycles. The number of carbonyl (C=O) groups excluding carboxylic acids is 1. The van der Waals surface area contributed by atoms with Crippen LogP contribution in [0.25, 0.3) is 0 Å². The number of morpholine rings is 1. The van der Waals surface area contributed by atoms with Gasteiger partial charge in [0.1, 0.15) is 0 Å². The van der Waals surface area contributed by atoms with Crippen LogP contribution >= 0.6 is 0 Å². The Morgan fingerprint density at radius 2 is 2.38 bits per heavy atom. The van der Waals surface area contributed by atoms with Gasteiger partial charge in [0, 0.05) is 20.0 Å². The van der Waals surface area contributed by atoms with Crippen molar-refractivity contribution in [1.29, 1.82) is 0 Å². The van der Waals surface area contributed by atoms with Crippen molar-refractivity contribution < 1.29 is 9.53 Å². The lowest BCUT2D eigenvalue weighted by Crippen LogP contribution is -2.44. The average molecular weight is 182 g/mol. The number of ether oxygens (including phenoxy) is 1. The monoisotopic (exact) mass is 182 g/mol. The van der Waals surface area contributed by atoms with Crippen LogP contribution in [-0.4, -0.2) is 48.2 Å². The van der Waals surface area contributed by atoms with Gasteiger partial charge in [0.25, 0.3) is 0 Å². The number of fused-ring (bicyclic) bond motifs is 1. The second kappa shape index (κ2) is 2.45. The Balaban J connectivity index is 1.81. The maximum absolute atomic E-state index is 11.0. The Hall–Kier alpha value is -0.610. The van der Waals surface area contributed by atoms with Gasteiger partial charge >= 0.3 is 0 Å². The molecule has 0 aromatic rings. The molecular weight excluding hydrogens is 168 g/mol. The molecule has 72 valence electrons. The number of amides is 1. The summed E-state index contributed by atoms with van der Waals surface area (Å²) in [5, 5.41) is 3.00. The van der Waals surface area contributed by atoms with Gasteiger partial charge in [-0.3, -0.25) is 9.69 Å². The van der Waals surface area contributed by atoms with E-state index in [0.717, 1.165) is 19.5 Å². The summed E-state index contributed by atoms with van der Waals surface area (Å²) in [4.78, 5) is 13.4. The van der Waals surface area contributed by atoms with Crippen molar-refractivity contribution in [2.75, 3.05) is 13.1 Å². The fourth-order valence-corrected chi connectivity index (χ4v) is 3.00. The molecule has 2 bridgehead atoms. The van der Waals surface area contributed by atoms with Gasteiger partial charge in [-0.2, -0.15) is 0 Å². The van der Waals surface area contributed by atoms with Gasteiger partial charge in [-0.05, 0) is 6.42 Å². The van der Waals surface area contributed by atoms with Crippen LogP contribution in [0, 0.1) is 0 Å². The van der Waals surface area contributed by atoms with Crippen LogP contribution in [0.4, 0.5) is 0 Å². The van der Waals surface area contributed by atoms with Crippen molar-refractivity contribution >= 4 is 5.91 Å². The molecule has 1 amide bonds. The molecule has 3 fully saturated rings. The molecule has 3 saturated heterocycles. The third-order valence-corrected chi connectivity index (χ3v) is 3.41. The fourth-order valence-electron chi connectivity index (χ4n) is 3.00. The lowest BCUT2D eigenvalue weighted by molar-refractivity contribution is -0.119. The number of nitrogens with zero attached hydrogens (tertiary/aromatic N) is 1. The molecule has 0 radical (unpaired) electrons. The van der Waals surface area contributed by atoms with Gasteiger partial charge in [0.05, 0.1) is 24.3 Å². The van der Waals surface area contributed by atoms with Gasteiger partial charge in [-0.1, -0.05) is 0 Å². The Bertz CT molecular complexity index is 242. The SMILES string of the molecule is CC(=O)NC1C2[C@@H]3CCN2C[C@H]1O3. The fraction of sp³-hybridized carbons (Fsp3) is 0.889. The number of nitrogens with one attached hydrogen (secondary N) is 1. The average Bonchev–Trinajstić information content (AvgIpc) is 2.60. The maximum atomic E-state index is 11.0. The van der Waals surface area contributed by atoms with Crippen LogP contribution in [0.15, 0.2) is 0 Å². The molecule has 0 aromatic carbocycles. The third kappa shape index (κ3) is 0.957. The molecule has 3 heterocycles. The quantitative estimate of drug-likeness (QED) is 0.585. The highest BCUT2D eigenvalue weighted by atomic mass is 16.5. The Kier molecular flexibility index (Phi) is 1.46. The molecule has 0 saturated carbocycles. The standard InChI is InChI=1S/C9H14N2O2/c1-5(12)10-8-7-4-11-3-2-6(13-7)9(8)11/h6-9H,2-4H2,1H3,(H,10,12)/t6-,7+,8?,9?/m0/s1. The summed E-state index contributed by atoms with van der Waals surface area (Å²) in [6.45, 7) is 3.73. The van der Waals surface area contributed by atoms with E-state index < -0.39 is 0 Å². The molecule has 4 atom stereocenters. The third-order valence-electron chi connectivity index (χ3n) is 3.41. The smallest absolute Gasteiger partial charge is 0.217 e. The Labute approximate surface area is 77.2 Å². The zero-order valence-corrected chi connectivity index (χ0v) is 7.69. The van der Waals surface area contributed by atoms with Crippen LogP contribution in [0.3, 0.4) is 0 Å². The van der Waals surface area contributed by atoms with E-state index in [2.05, 4.69) is 10.2 Å². The molecule has 0 aliphatic carbocycles. The zero-order chi connectivity index (χ0) is 9.00. The highest BCUT2D eigenvalue weighted by Gasteiger charge is 2.57. The lowest BCUT2D eigenvalue weighted by atomic mass is 10.1. The van der Waals surface area contributed by atoms with Crippen molar-refractivity contribution in [3.63, 3.8) is 0 Å². The van der Waals surface area contributed by atoms with Gasteiger partial charge in [0.2, 0.25) is 5.91 Å². The molecule has 3 aliphatic heterocycles. The van der Waals surface area contributed by atoms with Gasteiger partial charge < -0.3 is 10.1 Å². The van der Waals surface area contributed by atoms with E-state index in [0.29, 0.717) is 12.1 Å². The zero-order valence-electron chi connectivity index (χ0n) is 7.69. The van der Waals surface area contributed by atoms with E-state index in [-0.39, 0.29) is 18.1 Å². The molecule has 13 heavy (non-hydrogen) atoms. The van der Waals surface area contributed by atoms with Gasteiger partial charge in [-0.15, -0.1) is 0 Å². The first kappa shape index (κ1) is 7.76. The van der Waals surface area contributed by atoms with Crippen LogP contribution < -0.4 is 5.32 Å². The molecule has 4 heteroatoms. The van der Waals surface area contributed by atoms with Gasteiger partial charge in [-0.25, -0.2) is 0 Å². The van der Waals surface area contributed by atoms with Crippen molar-refractivity contribution in [2.45, 2.75) is 37.6 Å². The first-order chi connectivity index (χ1) is 6.25. The van der Waals surface area contributed by atoms with E-state index in [4.69, 9.17) is 4.74 Å². The van der Waals surface area contributed by atoms with E-state index in [1.807, 2.05) is 0 Å². The summed E-state index contributed by atoms with van der Waals surface area (Å²) < 4.78 is 5.81. The lowest BCUT2D eigenvalue weighted by Gasteiger charge is -2.21. The minimum Gasteiger partial charge on any atom is -0.370 e. The van der Waals surface area contributed by atoms with Crippen LogP contribution in [-0.2, 0) is 9.53 Å². The van der Waals surface area contributed by atoms with Crippen molar-refractivity contribution in [1.82, 2.24) is 10.2 Å². The predicted octanol–water partition coefficient (Wildman–Crippen LogP) is -0.654. The first-order valence-electron chi connectivity index (χ1n) is 4.92. The summed E-state index contributed by atoms with van der Waals surface area (Å²) in [7, 11) is 0. The molecule has 3 rings (SSSR count). The first-order valence-corrected chi connectivity index (χ1v) is 4.92. The largest absolute Gasteiger partial charge is 0.370 e. The van der Waals surface area contributed by atoms with Crippen LogP contribution in [0.5, 0.6) is 0 Å². The second-order valence-corrected chi connectivity index (χ2v) is 4.21. The van der Waals surface area contributed by atoms with E-state index in [9.17, 15) is 4.79 Å². The number of carbonyl (C=O) groups is 1. The van der Waals surface area contributed by atoms with E-state index >= 15 is 0 Å². The number of rotatable bonds is 1. The van der Waals surface area contributed by atoms with Crippen molar-refractivity contribution in [3.8, 4) is 0 Å². The minimum absolute atomic E-state index is 0.0630. The highest BCUT2D eigenvalue weighted by molar-refractivity contribution is 5.73. The molecule has 2 unspecified atom stereocenters. The summed E-state index contributed by atoms with van der Waals surface area (Å²) in [5.74, 6) is 0.0630. The number of hydrogen-bond acceptors (Lipinski definition) is 3. The maximum Gasteiger partial charge on any atom is 0.217 e. The summed E-state index contributed by atoms with van der Waals surface area (Å²) in [5.41, 5.74) is 0. The van der Waals surface area contributed by atoms with Crippen LogP contribution in [0.1, 0.15) is 13.3 Å². The van der Waals surface area contributed by atoms with E-state index in [1.54, 1.807) is 6.92 Å². The summed E-state index contributed by atoms with van der Waals surface area (Å²) in [6, 6.07) is 0.721. The molecule has 1 N–H and O–H groups in total. The van der Waals surface area contributed by atoms with Gasteiger partial charge in [0.15, 0.2) is 0 Å². The normalized spacial score (nSPS) is 47.2. The number of hydrogen-bond donors (Lipinski definition) is 1. The highest BCUT2D eigenvalue weighted by Crippen LogP contribution is 2.39. The Morgan fingerprint density at radius 3 is 3.08 bits per heavy atom. The molecule has 0 spiro atoms. The molecule has 4 nitrogen and oxygen atoms in total.